The van der Waals surface area contributed by atoms with Gasteiger partial charge in [-0.15, -0.1) is 0 Å². The van der Waals surface area contributed by atoms with Gasteiger partial charge in [-0.1, -0.05) is 25.5 Å². The predicted octanol–water partition coefficient (Wildman–Crippen LogP) is 1.26. The third kappa shape index (κ3) is 1.92. The molecule has 1 heterocycles. The molecule has 0 bridgehead atoms. The maximum atomic E-state index is 12.1. The van der Waals surface area contributed by atoms with Crippen LogP contribution in [0.3, 0.4) is 0 Å². The average molecular weight is 267 g/mol. The maximum Gasteiger partial charge on any atom is 0.274 e. The highest BCUT2D eigenvalue weighted by Gasteiger charge is 2.40. The van der Waals surface area contributed by atoms with E-state index in [2.05, 4.69) is 0 Å². The van der Waals surface area contributed by atoms with Crippen molar-refractivity contribution in [2.24, 2.45) is 0 Å². The number of hydrogen-bond donors (Lipinski definition) is 0. The third-order valence-electron chi connectivity index (χ3n) is 2.78. The van der Waals surface area contributed by atoms with Crippen molar-refractivity contribution in [2.75, 3.05) is 0 Å². The van der Waals surface area contributed by atoms with Crippen molar-refractivity contribution < 1.29 is 18.0 Å². The van der Waals surface area contributed by atoms with Crippen LogP contribution in [0.2, 0.25) is 0 Å². The normalized spacial score (nSPS) is 20.5. The third-order valence-corrected chi connectivity index (χ3v) is 4.57. The van der Waals surface area contributed by atoms with Crippen LogP contribution in [0, 0.1) is 0 Å². The standard InChI is InChI=1S/C12H13NO4S/c1-2-3-7-11(14)13-12(15)8-9-5-4-6-10(9)18(13,16)17/h4-6,8H,2-3,7H2,1H3. The Morgan fingerprint density at radius 3 is 2.78 bits per heavy atom. The molecule has 2 rings (SSSR count). The molecule has 0 fully saturated rings. The summed E-state index contributed by atoms with van der Waals surface area (Å²) in [6, 6.07) is 0. The van der Waals surface area contributed by atoms with Gasteiger partial charge in [0.15, 0.2) is 0 Å². The van der Waals surface area contributed by atoms with Gasteiger partial charge in [-0.3, -0.25) is 9.59 Å². The van der Waals surface area contributed by atoms with E-state index in [1.807, 2.05) is 6.92 Å². The summed E-state index contributed by atoms with van der Waals surface area (Å²) in [7, 11) is -4.02. The number of carbonyl (C=O) groups is 2. The Labute approximate surface area is 106 Å². The molecule has 6 heteroatoms. The van der Waals surface area contributed by atoms with E-state index in [1.165, 1.54) is 12.2 Å². The van der Waals surface area contributed by atoms with Crippen molar-refractivity contribution in [3.63, 3.8) is 0 Å². The molecule has 0 aromatic rings. The second-order valence-corrected chi connectivity index (χ2v) is 5.85. The first-order valence-corrected chi connectivity index (χ1v) is 7.15. The number of sulfonamides is 1. The summed E-state index contributed by atoms with van der Waals surface area (Å²) in [4.78, 5) is 23.6. The molecule has 0 saturated heterocycles. The number of carbonyl (C=O) groups excluding carboxylic acids is 2. The predicted molar refractivity (Wildman–Crippen MR) is 65.6 cm³/mol. The number of hydrogen-bond acceptors (Lipinski definition) is 4. The Bertz CT molecular complexity index is 596. The second kappa shape index (κ2) is 4.53. The SMILES string of the molecule is CCCCC(=O)N1C(=O)C=C2C=CC=C2S1(=O)=O. The molecule has 1 aliphatic heterocycles. The Morgan fingerprint density at radius 2 is 2.11 bits per heavy atom. The minimum Gasteiger partial charge on any atom is -0.273 e. The Morgan fingerprint density at radius 1 is 1.39 bits per heavy atom. The highest BCUT2D eigenvalue weighted by atomic mass is 32.2. The van der Waals surface area contributed by atoms with Crippen LogP contribution in [0.5, 0.6) is 0 Å². The summed E-state index contributed by atoms with van der Waals surface area (Å²) < 4.78 is 24.7. The number of rotatable bonds is 3. The fourth-order valence-corrected chi connectivity index (χ4v) is 3.39. The molecule has 0 aromatic carbocycles. The fourth-order valence-electron chi connectivity index (χ4n) is 1.87. The molecular weight excluding hydrogens is 254 g/mol. The Kier molecular flexibility index (Phi) is 3.21. The van der Waals surface area contributed by atoms with Crippen LogP contribution >= 0.6 is 0 Å². The van der Waals surface area contributed by atoms with Crippen LogP contribution in [0.25, 0.3) is 0 Å². The molecule has 96 valence electrons. The number of amides is 2. The van der Waals surface area contributed by atoms with E-state index in [0.717, 1.165) is 6.42 Å². The summed E-state index contributed by atoms with van der Waals surface area (Å²) in [5, 5.41) is 0. The van der Waals surface area contributed by atoms with Gasteiger partial charge in [-0.05, 0) is 12.5 Å². The van der Waals surface area contributed by atoms with Crippen molar-refractivity contribution >= 4 is 21.8 Å². The van der Waals surface area contributed by atoms with Crippen molar-refractivity contribution in [3.05, 3.63) is 34.8 Å². The lowest BCUT2D eigenvalue weighted by Gasteiger charge is -2.24. The average Bonchev–Trinajstić information content (AvgIpc) is 2.74. The van der Waals surface area contributed by atoms with Gasteiger partial charge in [0, 0.05) is 18.1 Å². The molecule has 0 radical (unpaired) electrons. The lowest BCUT2D eigenvalue weighted by Crippen LogP contribution is -2.43. The molecule has 18 heavy (non-hydrogen) atoms. The quantitative estimate of drug-likeness (QED) is 0.771. The lowest BCUT2D eigenvalue weighted by molar-refractivity contribution is -0.135. The van der Waals surface area contributed by atoms with Gasteiger partial charge in [0.1, 0.15) is 0 Å². The van der Waals surface area contributed by atoms with Crippen LogP contribution in [0.15, 0.2) is 34.8 Å². The Balaban J connectivity index is 2.38. The van der Waals surface area contributed by atoms with Crippen molar-refractivity contribution in [2.45, 2.75) is 26.2 Å². The molecule has 2 amide bonds. The van der Waals surface area contributed by atoms with Gasteiger partial charge < -0.3 is 0 Å². The lowest BCUT2D eigenvalue weighted by atomic mass is 10.2. The zero-order valence-electron chi connectivity index (χ0n) is 9.92. The Hall–Kier alpha value is -1.69. The van der Waals surface area contributed by atoms with E-state index in [1.54, 1.807) is 12.2 Å². The fraction of sp³-hybridized carbons (Fsp3) is 0.333. The van der Waals surface area contributed by atoms with Gasteiger partial charge in [0.2, 0.25) is 5.91 Å². The monoisotopic (exact) mass is 267 g/mol. The summed E-state index contributed by atoms with van der Waals surface area (Å²) in [6.07, 6.45) is 7.05. The smallest absolute Gasteiger partial charge is 0.273 e. The van der Waals surface area contributed by atoms with E-state index in [9.17, 15) is 18.0 Å². The molecule has 5 nitrogen and oxygen atoms in total. The number of nitrogens with zero attached hydrogens (tertiary/aromatic N) is 1. The number of imide groups is 1. The van der Waals surface area contributed by atoms with Gasteiger partial charge >= 0.3 is 0 Å². The molecule has 1 aliphatic carbocycles. The van der Waals surface area contributed by atoms with E-state index >= 15 is 0 Å². The number of fused-ring (bicyclic) bond motifs is 1. The van der Waals surface area contributed by atoms with Crippen LogP contribution in [-0.4, -0.2) is 24.5 Å². The van der Waals surface area contributed by atoms with E-state index in [4.69, 9.17) is 0 Å². The highest BCUT2D eigenvalue weighted by Crippen LogP contribution is 2.31. The number of allylic oxidation sites excluding steroid dienone is 4. The first kappa shape index (κ1) is 12.8. The molecule has 0 N–H and O–H groups in total. The first-order chi connectivity index (χ1) is 8.48. The zero-order valence-corrected chi connectivity index (χ0v) is 10.7. The van der Waals surface area contributed by atoms with Crippen LogP contribution in [0.4, 0.5) is 0 Å². The molecule has 0 aromatic heterocycles. The molecule has 0 atom stereocenters. The minimum absolute atomic E-state index is 0.0203. The maximum absolute atomic E-state index is 12.1. The van der Waals surface area contributed by atoms with Gasteiger partial charge in [-0.25, -0.2) is 8.42 Å². The molecule has 2 aliphatic rings. The summed E-state index contributed by atoms with van der Waals surface area (Å²) in [5.74, 6) is -1.44. The zero-order chi connectivity index (χ0) is 13.3. The molecular formula is C12H13NO4S. The molecule has 0 unspecified atom stereocenters. The second-order valence-electron chi connectivity index (χ2n) is 4.09. The summed E-state index contributed by atoms with van der Waals surface area (Å²) in [5.41, 5.74) is 0.347. The van der Waals surface area contributed by atoms with Gasteiger partial charge in [0.25, 0.3) is 15.9 Å². The van der Waals surface area contributed by atoms with E-state index in [-0.39, 0.29) is 11.3 Å². The van der Waals surface area contributed by atoms with Crippen molar-refractivity contribution in [1.29, 1.82) is 0 Å². The van der Waals surface area contributed by atoms with Crippen molar-refractivity contribution in [1.82, 2.24) is 4.31 Å². The largest absolute Gasteiger partial charge is 0.274 e. The van der Waals surface area contributed by atoms with Crippen LogP contribution in [0.1, 0.15) is 26.2 Å². The number of unbranched alkanes of at least 4 members (excludes halogenated alkanes) is 1. The molecule has 0 saturated carbocycles. The molecule has 0 spiro atoms. The summed E-state index contributed by atoms with van der Waals surface area (Å²) >= 11 is 0. The van der Waals surface area contributed by atoms with Gasteiger partial charge in [-0.2, -0.15) is 4.31 Å². The topological polar surface area (TPSA) is 71.5 Å². The van der Waals surface area contributed by atoms with E-state index in [0.29, 0.717) is 16.3 Å². The van der Waals surface area contributed by atoms with Crippen LogP contribution < -0.4 is 0 Å². The highest BCUT2D eigenvalue weighted by molar-refractivity contribution is 7.94. The van der Waals surface area contributed by atoms with Gasteiger partial charge in [0.05, 0.1) is 4.91 Å². The van der Waals surface area contributed by atoms with E-state index < -0.39 is 21.8 Å². The summed E-state index contributed by atoms with van der Waals surface area (Å²) in [6.45, 7) is 1.89. The van der Waals surface area contributed by atoms with Crippen molar-refractivity contribution in [3.8, 4) is 0 Å². The first-order valence-electron chi connectivity index (χ1n) is 5.71. The minimum atomic E-state index is -4.02. The van der Waals surface area contributed by atoms with Crippen LogP contribution in [-0.2, 0) is 19.6 Å².